The maximum Gasteiger partial charge on any atom is 0.258 e. The molecule has 0 bridgehead atoms. The molecule has 0 unspecified atom stereocenters. The van der Waals surface area contributed by atoms with Crippen molar-refractivity contribution in [3.8, 4) is 11.1 Å². The predicted molar refractivity (Wildman–Crippen MR) is 96.4 cm³/mol. The molecule has 2 atom stereocenters. The third-order valence-corrected chi connectivity index (χ3v) is 6.03. The number of hydrogen-bond acceptors (Lipinski definition) is 3. The zero-order valence-electron chi connectivity index (χ0n) is 13.4. The van der Waals surface area contributed by atoms with Crippen molar-refractivity contribution in [1.82, 2.24) is 9.55 Å². The summed E-state index contributed by atoms with van der Waals surface area (Å²) in [6.45, 7) is 2.27. The maximum absolute atomic E-state index is 12.5. The predicted octanol–water partition coefficient (Wildman–Crippen LogP) is 3.52. The van der Waals surface area contributed by atoms with Crippen LogP contribution in [-0.2, 0) is 0 Å². The SMILES string of the molecule is C[C@@H]1CCC[C@@H]1n1cc(-c2csc(C(N)=O)c2)c2c(=O)[nH]ccc21. The van der Waals surface area contributed by atoms with Gasteiger partial charge in [-0.15, -0.1) is 11.3 Å². The second-order valence-electron chi connectivity index (χ2n) is 6.56. The summed E-state index contributed by atoms with van der Waals surface area (Å²) in [7, 11) is 0. The lowest BCUT2D eigenvalue weighted by Gasteiger charge is -2.18. The monoisotopic (exact) mass is 341 g/mol. The number of pyridine rings is 1. The van der Waals surface area contributed by atoms with Crippen LogP contribution in [0.5, 0.6) is 0 Å². The number of thiophene rings is 1. The number of hydrogen-bond donors (Lipinski definition) is 2. The molecule has 3 N–H and O–H groups in total. The van der Waals surface area contributed by atoms with Crippen LogP contribution in [-0.4, -0.2) is 15.5 Å². The van der Waals surface area contributed by atoms with Gasteiger partial charge in [0.15, 0.2) is 0 Å². The molecule has 5 nitrogen and oxygen atoms in total. The molecule has 3 aromatic heterocycles. The van der Waals surface area contributed by atoms with Crippen LogP contribution in [0.1, 0.15) is 41.9 Å². The van der Waals surface area contributed by atoms with Gasteiger partial charge in [0, 0.05) is 24.0 Å². The Labute approximate surface area is 143 Å². The van der Waals surface area contributed by atoms with E-state index in [0.29, 0.717) is 22.2 Å². The summed E-state index contributed by atoms with van der Waals surface area (Å²) in [6, 6.07) is 4.15. The van der Waals surface area contributed by atoms with Crippen LogP contribution in [0, 0.1) is 5.92 Å². The molecule has 1 saturated carbocycles. The molecule has 124 valence electrons. The smallest absolute Gasteiger partial charge is 0.258 e. The van der Waals surface area contributed by atoms with Crippen LogP contribution < -0.4 is 11.3 Å². The number of nitrogens with one attached hydrogen (secondary N) is 1. The van der Waals surface area contributed by atoms with Gasteiger partial charge in [0.2, 0.25) is 0 Å². The van der Waals surface area contributed by atoms with Crippen molar-refractivity contribution >= 4 is 28.1 Å². The molecule has 1 fully saturated rings. The van der Waals surface area contributed by atoms with Crippen LogP contribution in [0.3, 0.4) is 0 Å². The number of H-pyrrole nitrogens is 1. The lowest BCUT2D eigenvalue weighted by molar-refractivity contribution is 0.100. The minimum absolute atomic E-state index is 0.0984. The van der Waals surface area contributed by atoms with Gasteiger partial charge in [0.25, 0.3) is 11.5 Å². The number of carbonyl (C=O) groups excluding carboxylic acids is 1. The van der Waals surface area contributed by atoms with Crippen molar-refractivity contribution in [1.29, 1.82) is 0 Å². The summed E-state index contributed by atoms with van der Waals surface area (Å²) in [5.41, 5.74) is 7.97. The molecule has 1 amide bonds. The molecule has 6 heteroatoms. The molecule has 4 rings (SSSR count). The van der Waals surface area contributed by atoms with Crippen LogP contribution in [0.15, 0.2) is 34.7 Å². The molecule has 1 aliphatic carbocycles. The summed E-state index contributed by atoms with van der Waals surface area (Å²) < 4.78 is 2.25. The van der Waals surface area contributed by atoms with E-state index in [4.69, 9.17) is 5.73 Å². The minimum Gasteiger partial charge on any atom is -0.365 e. The largest absolute Gasteiger partial charge is 0.365 e. The van der Waals surface area contributed by atoms with Gasteiger partial charge >= 0.3 is 0 Å². The zero-order valence-corrected chi connectivity index (χ0v) is 14.2. The van der Waals surface area contributed by atoms with Gasteiger partial charge in [-0.3, -0.25) is 9.59 Å². The summed E-state index contributed by atoms with van der Waals surface area (Å²) in [5, 5.41) is 2.58. The van der Waals surface area contributed by atoms with E-state index in [0.717, 1.165) is 23.1 Å². The average molecular weight is 341 g/mol. The second-order valence-corrected chi connectivity index (χ2v) is 7.47. The Morgan fingerprint density at radius 2 is 2.25 bits per heavy atom. The molecule has 0 spiro atoms. The van der Waals surface area contributed by atoms with Crippen molar-refractivity contribution in [3.05, 3.63) is 45.1 Å². The van der Waals surface area contributed by atoms with E-state index in [1.54, 1.807) is 12.3 Å². The van der Waals surface area contributed by atoms with E-state index < -0.39 is 5.91 Å². The van der Waals surface area contributed by atoms with Crippen LogP contribution in [0.2, 0.25) is 0 Å². The summed E-state index contributed by atoms with van der Waals surface area (Å²) in [6.07, 6.45) is 7.33. The molecular formula is C18H19N3O2S. The first-order valence-corrected chi connectivity index (χ1v) is 9.05. The second kappa shape index (κ2) is 5.63. The highest BCUT2D eigenvalue weighted by Gasteiger charge is 2.27. The van der Waals surface area contributed by atoms with Gasteiger partial charge in [0.05, 0.1) is 15.8 Å². The summed E-state index contributed by atoms with van der Waals surface area (Å²) >= 11 is 1.31. The van der Waals surface area contributed by atoms with Crippen molar-refractivity contribution in [2.45, 2.75) is 32.2 Å². The Morgan fingerprint density at radius 3 is 2.92 bits per heavy atom. The Morgan fingerprint density at radius 1 is 1.42 bits per heavy atom. The fourth-order valence-electron chi connectivity index (χ4n) is 3.86. The van der Waals surface area contributed by atoms with Crippen LogP contribution in [0.4, 0.5) is 0 Å². The minimum atomic E-state index is -0.437. The quantitative estimate of drug-likeness (QED) is 0.764. The van der Waals surface area contributed by atoms with Crippen LogP contribution >= 0.6 is 11.3 Å². The molecule has 0 aromatic carbocycles. The van der Waals surface area contributed by atoms with Gasteiger partial charge in [-0.05, 0) is 41.8 Å². The third kappa shape index (κ3) is 2.29. The number of aromatic amines is 1. The van der Waals surface area contributed by atoms with Gasteiger partial charge in [0.1, 0.15) is 0 Å². The van der Waals surface area contributed by atoms with E-state index in [2.05, 4.69) is 22.7 Å². The van der Waals surface area contributed by atoms with Crippen LogP contribution in [0.25, 0.3) is 22.0 Å². The van der Waals surface area contributed by atoms with Gasteiger partial charge < -0.3 is 15.3 Å². The number of fused-ring (bicyclic) bond motifs is 1. The number of nitrogens with zero attached hydrogens (tertiary/aromatic N) is 1. The fraction of sp³-hybridized carbons (Fsp3) is 0.333. The molecule has 3 heterocycles. The molecule has 0 radical (unpaired) electrons. The average Bonchev–Trinajstić information content (AvgIpc) is 3.24. The van der Waals surface area contributed by atoms with Gasteiger partial charge in [-0.1, -0.05) is 13.3 Å². The highest BCUT2D eigenvalue weighted by molar-refractivity contribution is 7.12. The number of primary amides is 1. The van der Waals surface area contributed by atoms with E-state index in [9.17, 15) is 9.59 Å². The number of rotatable bonds is 3. The third-order valence-electron chi connectivity index (χ3n) is 5.08. The van der Waals surface area contributed by atoms with E-state index in [1.807, 2.05) is 11.4 Å². The Hall–Kier alpha value is -2.34. The van der Waals surface area contributed by atoms with Crippen molar-refractivity contribution in [2.24, 2.45) is 11.7 Å². The first-order chi connectivity index (χ1) is 11.6. The van der Waals surface area contributed by atoms with Crippen molar-refractivity contribution in [3.63, 3.8) is 0 Å². The standard InChI is InChI=1S/C18H19N3O2S/c1-10-3-2-4-13(10)21-8-12(11-7-15(17(19)22)24-9-11)16-14(21)5-6-20-18(16)23/h5-10,13H,2-4H2,1H3,(H2,19,22)(H,20,23)/t10-,13+/m1/s1. The van der Waals surface area contributed by atoms with Crippen molar-refractivity contribution < 1.29 is 4.79 Å². The highest BCUT2D eigenvalue weighted by atomic mass is 32.1. The summed E-state index contributed by atoms with van der Waals surface area (Å²) in [5.74, 6) is 0.157. The molecule has 3 aromatic rings. The Balaban J connectivity index is 1.95. The first-order valence-electron chi connectivity index (χ1n) is 8.17. The molecule has 0 aliphatic heterocycles. The maximum atomic E-state index is 12.5. The lowest BCUT2D eigenvalue weighted by Crippen LogP contribution is -2.11. The number of aromatic nitrogens is 2. The van der Waals surface area contributed by atoms with E-state index in [1.165, 1.54) is 24.2 Å². The molecule has 0 saturated heterocycles. The Bertz CT molecular complexity index is 982. The fourth-order valence-corrected chi connectivity index (χ4v) is 4.62. The lowest BCUT2D eigenvalue weighted by atomic mass is 10.1. The molecule has 1 aliphatic rings. The normalized spacial score (nSPS) is 20.7. The topological polar surface area (TPSA) is 80.9 Å². The van der Waals surface area contributed by atoms with E-state index in [-0.39, 0.29) is 5.56 Å². The number of nitrogens with two attached hydrogens (primary N) is 1. The Kier molecular flexibility index (Phi) is 3.57. The number of amides is 1. The highest BCUT2D eigenvalue weighted by Crippen LogP contribution is 2.40. The molecular weight excluding hydrogens is 322 g/mol. The molecule has 24 heavy (non-hydrogen) atoms. The van der Waals surface area contributed by atoms with Crippen molar-refractivity contribution in [2.75, 3.05) is 0 Å². The van der Waals surface area contributed by atoms with Gasteiger partial charge in [-0.2, -0.15) is 0 Å². The first kappa shape index (κ1) is 15.2. The zero-order chi connectivity index (χ0) is 16.8. The van der Waals surface area contributed by atoms with Gasteiger partial charge in [-0.25, -0.2) is 0 Å². The van der Waals surface area contributed by atoms with E-state index >= 15 is 0 Å². The number of carbonyl (C=O) groups is 1. The summed E-state index contributed by atoms with van der Waals surface area (Å²) in [4.78, 5) is 27.1.